The van der Waals surface area contributed by atoms with Gasteiger partial charge in [0, 0.05) is 12.7 Å². The van der Waals surface area contributed by atoms with Crippen molar-refractivity contribution in [1.29, 1.82) is 0 Å². The second-order valence-corrected chi connectivity index (χ2v) is 4.05. The Morgan fingerprint density at radius 1 is 1.33 bits per heavy atom. The molecule has 0 saturated carbocycles. The fraction of sp³-hybridized carbons (Fsp3) is 0.167. The molecule has 0 saturated heterocycles. The lowest BCUT2D eigenvalue weighted by Crippen LogP contribution is -2.31. The molecule has 1 heterocycles. The van der Waals surface area contributed by atoms with Crippen LogP contribution < -0.4 is 10.6 Å². The van der Waals surface area contributed by atoms with Gasteiger partial charge in [0.1, 0.15) is 5.56 Å². The number of carboxylic acid groups (broad SMARTS) is 1. The van der Waals surface area contributed by atoms with Crippen LogP contribution in [0.4, 0.5) is 10.5 Å². The van der Waals surface area contributed by atoms with Gasteiger partial charge in [0.05, 0.1) is 18.4 Å². The number of phenols is 1. The van der Waals surface area contributed by atoms with Gasteiger partial charge in [-0.3, -0.25) is 4.68 Å². The number of carbonyl (C=O) groups is 2. The van der Waals surface area contributed by atoms with Gasteiger partial charge in [-0.15, -0.1) is 5.10 Å². The first kappa shape index (κ1) is 14.3. The largest absolute Gasteiger partial charge is 0.505 e. The highest BCUT2D eigenvalue weighted by atomic mass is 16.4. The molecule has 1 aromatic heterocycles. The molecule has 0 aliphatic carbocycles. The second-order valence-electron chi connectivity index (χ2n) is 4.05. The van der Waals surface area contributed by atoms with Crippen molar-refractivity contribution in [3.05, 3.63) is 36.2 Å². The van der Waals surface area contributed by atoms with Crippen LogP contribution in [-0.2, 0) is 6.54 Å². The van der Waals surface area contributed by atoms with Gasteiger partial charge in [-0.05, 0) is 12.1 Å². The van der Waals surface area contributed by atoms with E-state index in [0.717, 1.165) is 0 Å². The average Bonchev–Trinajstić information content (AvgIpc) is 2.94. The van der Waals surface area contributed by atoms with Crippen LogP contribution in [0.25, 0.3) is 0 Å². The van der Waals surface area contributed by atoms with Gasteiger partial charge >= 0.3 is 12.0 Å². The molecule has 2 amide bonds. The van der Waals surface area contributed by atoms with E-state index >= 15 is 0 Å². The highest BCUT2D eigenvalue weighted by Crippen LogP contribution is 2.27. The zero-order valence-corrected chi connectivity index (χ0v) is 10.9. The number of aromatic nitrogens is 3. The van der Waals surface area contributed by atoms with E-state index in [0.29, 0.717) is 13.1 Å². The van der Waals surface area contributed by atoms with Gasteiger partial charge < -0.3 is 20.8 Å². The van der Waals surface area contributed by atoms with Crippen molar-refractivity contribution < 1.29 is 19.8 Å². The lowest BCUT2D eigenvalue weighted by molar-refractivity contribution is 0.0693. The summed E-state index contributed by atoms with van der Waals surface area (Å²) in [5.74, 6) is -1.76. The van der Waals surface area contributed by atoms with Crippen molar-refractivity contribution in [2.24, 2.45) is 0 Å². The lowest BCUT2D eigenvalue weighted by Gasteiger charge is -2.10. The first-order valence-corrected chi connectivity index (χ1v) is 6.02. The number of rotatable bonds is 5. The van der Waals surface area contributed by atoms with Crippen molar-refractivity contribution >= 4 is 17.7 Å². The molecule has 4 N–H and O–H groups in total. The summed E-state index contributed by atoms with van der Waals surface area (Å²) < 4.78 is 1.54. The number of carboxylic acids is 1. The van der Waals surface area contributed by atoms with Crippen LogP contribution in [0.5, 0.6) is 5.75 Å². The third-order valence-corrected chi connectivity index (χ3v) is 2.61. The number of carbonyl (C=O) groups excluding carboxylic acids is 1. The molecule has 0 atom stereocenters. The number of anilines is 1. The Morgan fingerprint density at radius 2 is 2.14 bits per heavy atom. The zero-order chi connectivity index (χ0) is 15.2. The summed E-state index contributed by atoms with van der Waals surface area (Å²) in [6.45, 7) is 0.739. The smallest absolute Gasteiger partial charge is 0.339 e. The summed E-state index contributed by atoms with van der Waals surface area (Å²) >= 11 is 0. The monoisotopic (exact) mass is 291 g/mol. The SMILES string of the molecule is O=C(NCCn1ccnn1)Nc1cccc(C(=O)O)c1O. The number of aromatic carboxylic acids is 1. The molecule has 9 nitrogen and oxygen atoms in total. The van der Waals surface area contributed by atoms with Crippen molar-refractivity contribution in [3.8, 4) is 5.75 Å². The Morgan fingerprint density at radius 3 is 2.81 bits per heavy atom. The van der Waals surface area contributed by atoms with Crippen LogP contribution >= 0.6 is 0 Å². The Balaban J connectivity index is 1.90. The molecule has 0 radical (unpaired) electrons. The summed E-state index contributed by atoms with van der Waals surface area (Å²) in [6.07, 6.45) is 3.18. The van der Waals surface area contributed by atoms with E-state index in [2.05, 4.69) is 20.9 Å². The molecule has 0 unspecified atom stereocenters. The van der Waals surface area contributed by atoms with Gasteiger partial charge in [0.25, 0.3) is 0 Å². The molecule has 1 aromatic carbocycles. The fourth-order valence-corrected chi connectivity index (χ4v) is 1.62. The molecular formula is C12H13N5O4. The van der Waals surface area contributed by atoms with Crippen LogP contribution in [0.15, 0.2) is 30.6 Å². The third kappa shape index (κ3) is 3.69. The van der Waals surface area contributed by atoms with Crippen LogP contribution in [0.1, 0.15) is 10.4 Å². The number of hydrogen-bond donors (Lipinski definition) is 4. The number of aromatic hydroxyl groups is 1. The number of urea groups is 1. The van der Waals surface area contributed by atoms with E-state index in [4.69, 9.17) is 5.11 Å². The summed E-state index contributed by atoms with van der Waals surface area (Å²) in [5.41, 5.74) is -0.261. The van der Waals surface area contributed by atoms with Gasteiger partial charge in [-0.1, -0.05) is 11.3 Å². The van der Waals surface area contributed by atoms with E-state index < -0.39 is 17.7 Å². The standard InChI is InChI=1S/C12H13N5O4/c18-10-8(11(19)20)2-1-3-9(10)15-12(21)13-4-6-17-7-5-14-16-17/h1-3,5,7,18H,4,6H2,(H,19,20)(H2,13,15,21). The normalized spacial score (nSPS) is 10.1. The summed E-state index contributed by atoms with van der Waals surface area (Å²) in [5, 5.41) is 30.9. The number of amides is 2. The van der Waals surface area contributed by atoms with Gasteiger partial charge in [-0.25, -0.2) is 9.59 Å². The molecule has 110 valence electrons. The predicted molar refractivity (Wildman–Crippen MR) is 72.1 cm³/mol. The Hall–Kier alpha value is -3.10. The molecule has 0 aliphatic rings. The van der Waals surface area contributed by atoms with Crippen LogP contribution in [0.3, 0.4) is 0 Å². The molecule has 2 rings (SSSR count). The maximum Gasteiger partial charge on any atom is 0.339 e. The zero-order valence-electron chi connectivity index (χ0n) is 10.9. The molecule has 0 aliphatic heterocycles. The van der Waals surface area contributed by atoms with Crippen molar-refractivity contribution in [3.63, 3.8) is 0 Å². The maximum atomic E-state index is 11.6. The van der Waals surface area contributed by atoms with Crippen molar-refractivity contribution in [1.82, 2.24) is 20.3 Å². The third-order valence-electron chi connectivity index (χ3n) is 2.61. The van der Waals surface area contributed by atoms with Gasteiger partial charge in [0.15, 0.2) is 5.75 Å². The summed E-state index contributed by atoms with van der Waals surface area (Å²) in [7, 11) is 0. The van der Waals surface area contributed by atoms with E-state index in [9.17, 15) is 14.7 Å². The minimum Gasteiger partial charge on any atom is -0.505 e. The molecular weight excluding hydrogens is 278 g/mol. The molecule has 2 aromatic rings. The molecule has 21 heavy (non-hydrogen) atoms. The number of nitrogens with one attached hydrogen (secondary N) is 2. The van der Waals surface area contributed by atoms with Crippen LogP contribution in [0, 0.1) is 0 Å². The maximum absolute atomic E-state index is 11.6. The highest BCUT2D eigenvalue weighted by molar-refractivity contribution is 5.97. The highest BCUT2D eigenvalue weighted by Gasteiger charge is 2.14. The number of para-hydroxylation sites is 1. The number of benzene rings is 1. The van der Waals surface area contributed by atoms with E-state index in [-0.39, 0.29) is 11.3 Å². The van der Waals surface area contributed by atoms with Crippen LogP contribution in [-0.4, -0.2) is 43.8 Å². The lowest BCUT2D eigenvalue weighted by atomic mass is 10.2. The second kappa shape index (κ2) is 6.37. The van der Waals surface area contributed by atoms with Crippen LogP contribution in [0.2, 0.25) is 0 Å². The van der Waals surface area contributed by atoms with Crippen molar-refractivity contribution in [2.45, 2.75) is 6.54 Å². The Labute approximate surface area is 119 Å². The van der Waals surface area contributed by atoms with Crippen molar-refractivity contribution in [2.75, 3.05) is 11.9 Å². The minimum absolute atomic E-state index is 0.0214. The molecule has 9 heteroatoms. The van der Waals surface area contributed by atoms with E-state index in [1.54, 1.807) is 10.9 Å². The first-order valence-electron chi connectivity index (χ1n) is 6.02. The molecule has 0 spiro atoms. The Kier molecular flexibility index (Phi) is 4.34. The quantitative estimate of drug-likeness (QED) is 0.594. The number of nitrogens with zero attached hydrogens (tertiary/aromatic N) is 3. The fourth-order valence-electron chi connectivity index (χ4n) is 1.62. The van der Waals surface area contributed by atoms with Gasteiger partial charge in [-0.2, -0.15) is 0 Å². The first-order chi connectivity index (χ1) is 10.1. The molecule has 0 fully saturated rings. The summed E-state index contributed by atoms with van der Waals surface area (Å²) in [4.78, 5) is 22.5. The van der Waals surface area contributed by atoms with Gasteiger partial charge in [0.2, 0.25) is 0 Å². The number of hydrogen-bond acceptors (Lipinski definition) is 5. The average molecular weight is 291 g/mol. The molecule has 0 bridgehead atoms. The summed E-state index contributed by atoms with van der Waals surface area (Å²) in [6, 6.07) is 3.51. The topological polar surface area (TPSA) is 129 Å². The Bertz CT molecular complexity index is 641. The minimum atomic E-state index is -1.28. The predicted octanol–water partition coefficient (Wildman–Crippen LogP) is 0.504. The van der Waals surface area contributed by atoms with E-state index in [1.807, 2.05) is 0 Å². The van der Waals surface area contributed by atoms with E-state index in [1.165, 1.54) is 24.4 Å².